The first-order valence-electron chi connectivity index (χ1n) is 12.5. The molecule has 2 rings (SSSR count). The van der Waals surface area contributed by atoms with Crippen LogP contribution in [0, 0.1) is 0 Å². The van der Waals surface area contributed by atoms with Gasteiger partial charge in [0, 0.05) is 5.41 Å². The van der Waals surface area contributed by atoms with Crippen molar-refractivity contribution in [1.82, 2.24) is 0 Å². The van der Waals surface area contributed by atoms with Gasteiger partial charge in [-0.25, -0.2) is 0 Å². The van der Waals surface area contributed by atoms with Crippen molar-refractivity contribution in [2.45, 2.75) is 110 Å². The van der Waals surface area contributed by atoms with Gasteiger partial charge < -0.3 is 5.11 Å². The average molecular weight is 409 g/mol. The number of aromatic hydroxyl groups is 1. The molecule has 0 fully saturated rings. The van der Waals surface area contributed by atoms with Crippen LogP contribution in [-0.4, -0.2) is 5.11 Å². The van der Waals surface area contributed by atoms with E-state index in [1.165, 1.54) is 73.6 Å². The molecule has 0 spiro atoms. The van der Waals surface area contributed by atoms with Gasteiger partial charge in [0.15, 0.2) is 0 Å². The van der Waals surface area contributed by atoms with Gasteiger partial charge in [0.05, 0.1) is 0 Å². The molecule has 0 radical (unpaired) electrons. The summed E-state index contributed by atoms with van der Waals surface area (Å²) in [5, 5.41) is 10.8. The fraction of sp³-hybridized carbons (Fsp3) is 0.586. The smallest absolute Gasteiger partial charge is 0.119 e. The first-order valence-corrected chi connectivity index (χ1v) is 12.5. The molecule has 0 saturated carbocycles. The summed E-state index contributed by atoms with van der Waals surface area (Å²) in [6, 6.07) is 15.5. The highest BCUT2D eigenvalue weighted by Crippen LogP contribution is 2.45. The SMILES string of the molecule is CCCCc1c(O)ccc(C(CCCC)(CCCC)c2ccccc2)c1CCCC. The standard InChI is InChI=1S/C29H44O/c1-5-9-18-25-26(19-10-6-2)28(30)21-20-27(25)29(22-11-7-3,23-12-8-4)24-16-14-13-15-17-24/h13-17,20-21,30H,5-12,18-19,22-23H2,1-4H3. The molecule has 0 amide bonds. The van der Waals surface area contributed by atoms with Crippen LogP contribution in [0.2, 0.25) is 0 Å². The van der Waals surface area contributed by atoms with Gasteiger partial charge in [-0.1, -0.05) is 103 Å². The molecular weight excluding hydrogens is 364 g/mol. The Morgan fingerprint density at radius 3 is 1.70 bits per heavy atom. The molecule has 1 nitrogen and oxygen atoms in total. The molecule has 2 aromatic carbocycles. The molecule has 166 valence electrons. The molecule has 0 saturated heterocycles. The summed E-state index contributed by atoms with van der Waals surface area (Å²) in [6.45, 7) is 9.12. The lowest BCUT2D eigenvalue weighted by Crippen LogP contribution is -2.30. The zero-order valence-electron chi connectivity index (χ0n) is 20.0. The molecule has 0 aromatic heterocycles. The highest BCUT2D eigenvalue weighted by atomic mass is 16.3. The van der Waals surface area contributed by atoms with Crippen LogP contribution in [0.1, 0.15) is 114 Å². The van der Waals surface area contributed by atoms with Crippen LogP contribution in [0.25, 0.3) is 0 Å². The van der Waals surface area contributed by atoms with E-state index in [0.29, 0.717) is 5.75 Å². The van der Waals surface area contributed by atoms with Gasteiger partial charge in [-0.2, -0.15) is 0 Å². The largest absolute Gasteiger partial charge is 0.508 e. The van der Waals surface area contributed by atoms with E-state index in [2.05, 4.69) is 64.1 Å². The van der Waals surface area contributed by atoms with Crippen molar-refractivity contribution < 1.29 is 5.11 Å². The van der Waals surface area contributed by atoms with Crippen LogP contribution in [0.4, 0.5) is 0 Å². The number of rotatable bonds is 14. The summed E-state index contributed by atoms with van der Waals surface area (Å²) in [5.74, 6) is 0.506. The maximum atomic E-state index is 10.8. The van der Waals surface area contributed by atoms with Gasteiger partial charge in [-0.15, -0.1) is 0 Å². The Morgan fingerprint density at radius 2 is 1.17 bits per heavy atom. The maximum Gasteiger partial charge on any atom is 0.119 e. The van der Waals surface area contributed by atoms with Crippen molar-refractivity contribution in [1.29, 1.82) is 0 Å². The summed E-state index contributed by atoms with van der Waals surface area (Å²) < 4.78 is 0. The number of hydrogen-bond acceptors (Lipinski definition) is 1. The van der Waals surface area contributed by atoms with E-state index in [1.807, 2.05) is 6.07 Å². The molecule has 1 heteroatoms. The molecule has 30 heavy (non-hydrogen) atoms. The third-order valence-corrected chi connectivity index (χ3v) is 6.72. The fourth-order valence-corrected chi connectivity index (χ4v) is 4.95. The van der Waals surface area contributed by atoms with E-state index in [-0.39, 0.29) is 5.41 Å². The predicted octanol–water partition coefficient (Wildman–Crippen LogP) is 8.74. The van der Waals surface area contributed by atoms with E-state index in [1.54, 1.807) is 0 Å². The van der Waals surface area contributed by atoms with Crippen molar-refractivity contribution in [2.75, 3.05) is 0 Å². The van der Waals surface area contributed by atoms with Crippen molar-refractivity contribution in [2.24, 2.45) is 0 Å². The number of phenols is 1. The molecule has 0 unspecified atom stereocenters. The van der Waals surface area contributed by atoms with Crippen LogP contribution in [0.15, 0.2) is 42.5 Å². The highest BCUT2D eigenvalue weighted by molar-refractivity contribution is 5.52. The third kappa shape index (κ3) is 5.90. The van der Waals surface area contributed by atoms with Crippen LogP contribution >= 0.6 is 0 Å². The minimum Gasteiger partial charge on any atom is -0.508 e. The summed E-state index contributed by atoms with van der Waals surface area (Å²) in [7, 11) is 0. The average Bonchev–Trinajstić information content (AvgIpc) is 2.78. The van der Waals surface area contributed by atoms with Crippen molar-refractivity contribution >= 4 is 0 Å². The van der Waals surface area contributed by atoms with Crippen LogP contribution in [0.5, 0.6) is 5.75 Å². The lowest BCUT2D eigenvalue weighted by atomic mass is 9.65. The summed E-state index contributed by atoms with van der Waals surface area (Å²) >= 11 is 0. The van der Waals surface area contributed by atoms with E-state index in [0.717, 1.165) is 25.7 Å². The Bertz CT molecular complexity index is 724. The van der Waals surface area contributed by atoms with E-state index in [9.17, 15) is 5.11 Å². The monoisotopic (exact) mass is 408 g/mol. The Kier molecular flexibility index (Phi) is 10.5. The molecule has 0 aliphatic rings. The molecule has 2 aromatic rings. The molecule has 0 bridgehead atoms. The summed E-state index contributed by atoms with van der Waals surface area (Å²) in [5.41, 5.74) is 5.66. The molecule has 1 N–H and O–H groups in total. The molecular formula is C29H44O. The summed E-state index contributed by atoms with van der Waals surface area (Å²) in [6.07, 6.45) is 14.0. The van der Waals surface area contributed by atoms with Crippen LogP contribution in [0.3, 0.4) is 0 Å². The minimum absolute atomic E-state index is 0.0466. The molecule has 0 aliphatic heterocycles. The molecule has 0 aliphatic carbocycles. The number of hydrogen-bond donors (Lipinski definition) is 1. The van der Waals surface area contributed by atoms with Gasteiger partial charge in [0.2, 0.25) is 0 Å². The first kappa shape index (κ1) is 24.5. The van der Waals surface area contributed by atoms with Crippen LogP contribution in [-0.2, 0) is 18.3 Å². The maximum absolute atomic E-state index is 10.8. The Balaban J connectivity index is 2.73. The van der Waals surface area contributed by atoms with Crippen molar-refractivity contribution in [3.63, 3.8) is 0 Å². The number of benzene rings is 2. The fourth-order valence-electron chi connectivity index (χ4n) is 4.95. The van der Waals surface area contributed by atoms with E-state index >= 15 is 0 Å². The number of phenolic OH excluding ortho intramolecular Hbond substituents is 1. The van der Waals surface area contributed by atoms with Crippen molar-refractivity contribution in [3.05, 3.63) is 64.7 Å². The van der Waals surface area contributed by atoms with Crippen molar-refractivity contribution in [3.8, 4) is 5.75 Å². The predicted molar refractivity (Wildman–Crippen MR) is 132 cm³/mol. The number of unbranched alkanes of at least 4 members (excludes halogenated alkanes) is 4. The van der Waals surface area contributed by atoms with Gasteiger partial charge in [-0.3, -0.25) is 0 Å². The van der Waals surface area contributed by atoms with Crippen LogP contribution < -0.4 is 0 Å². The lowest BCUT2D eigenvalue weighted by Gasteiger charge is -2.38. The second-order valence-corrected chi connectivity index (χ2v) is 8.95. The van der Waals surface area contributed by atoms with Gasteiger partial charge in [-0.05, 0) is 66.8 Å². The van der Waals surface area contributed by atoms with Gasteiger partial charge in [0.1, 0.15) is 5.75 Å². The normalized spacial score (nSPS) is 11.7. The Morgan fingerprint density at radius 1 is 0.633 bits per heavy atom. The zero-order valence-corrected chi connectivity index (χ0v) is 20.0. The second kappa shape index (κ2) is 12.8. The Hall–Kier alpha value is -1.76. The molecule has 0 atom stereocenters. The van der Waals surface area contributed by atoms with E-state index in [4.69, 9.17) is 0 Å². The first-order chi connectivity index (χ1) is 14.6. The highest BCUT2D eigenvalue weighted by Gasteiger charge is 2.35. The topological polar surface area (TPSA) is 20.2 Å². The zero-order chi connectivity index (χ0) is 21.8. The van der Waals surface area contributed by atoms with Gasteiger partial charge in [0.25, 0.3) is 0 Å². The Labute approximate surface area is 185 Å². The lowest BCUT2D eigenvalue weighted by molar-refractivity contribution is 0.400. The van der Waals surface area contributed by atoms with E-state index < -0.39 is 0 Å². The summed E-state index contributed by atoms with van der Waals surface area (Å²) in [4.78, 5) is 0. The third-order valence-electron chi connectivity index (χ3n) is 6.72. The molecule has 0 heterocycles. The van der Waals surface area contributed by atoms with Gasteiger partial charge >= 0.3 is 0 Å². The minimum atomic E-state index is 0.0466. The quantitative estimate of drug-likeness (QED) is 0.331. The second-order valence-electron chi connectivity index (χ2n) is 8.95.